The first kappa shape index (κ1) is 20.3. The molecular weight excluding hydrogens is 388 g/mol. The molecule has 31 heavy (non-hydrogen) atoms. The average molecular weight is 412 g/mol. The van der Waals surface area contributed by atoms with Crippen LogP contribution in [-0.4, -0.2) is 27.9 Å². The van der Waals surface area contributed by atoms with E-state index >= 15 is 0 Å². The molecule has 1 aromatic heterocycles. The van der Waals surface area contributed by atoms with E-state index in [9.17, 15) is 9.59 Å². The lowest BCUT2D eigenvalue weighted by Crippen LogP contribution is -2.33. The minimum atomic E-state index is -0.312. The first-order valence-corrected chi connectivity index (χ1v) is 10.3. The molecule has 0 unspecified atom stereocenters. The molecule has 156 valence electrons. The van der Waals surface area contributed by atoms with Crippen molar-refractivity contribution in [3.8, 4) is 5.69 Å². The number of nitrogens with zero attached hydrogens (tertiary/aromatic N) is 2. The molecular formula is C25H24N4O2. The summed E-state index contributed by atoms with van der Waals surface area (Å²) in [6, 6.07) is 23.0. The van der Waals surface area contributed by atoms with Crippen LogP contribution in [0.2, 0.25) is 0 Å². The van der Waals surface area contributed by atoms with Gasteiger partial charge in [-0.05, 0) is 55.3 Å². The second kappa shape index (κ2) is 8.83. The summed E-state index contributed by atoms with van der Waals surface area (Å²) in [5.74, 6) is 0.264. The molecule has 0 saturated heterocycles. The molecule has 6 nitrogen and oxygen atoms in total. The molecule has 0 aliphatic rings. The number of aromatic nitrogens is 2. The van der Waals surface area contributed by atoms with Crippen molar-refractivity contribution in [2.45, 2.75) is 20.3 Å². The summed E-state index contributed by atoms with van der Waals surface area (Å²) in [4.78, 5) is 29.5. The number of aryl methyl sites for hydroxylation is 2. The number of benzene rings is 3. The zero-order valence-corrected chi connectivity index (χ0v) is 17.6. The SMILES string of the molecule is CCc1ccccc1NC(=O)CNC(=O)c1ccc2c(c1)nc(C)n2-c1ccccc1. The van der Waals surface area contributed by atoms with Crippen molar-refractivity contribution in [3.05, 3.63) is 89.7 Å². The third-order valence-electron chi connectivity index (χ3n) is 5.18. The van der Waals surface area contributed by atoms with Crippen LogP contribution in [0, 0.1) is 6.92 Å². The van der Waals surface area contributed by atoms with Crippen LogP contribution >= 0.6 is 0 Å². The molecule has 0 saturated carbocycles. The number of imidazole rings is 1. The van der Waals surface area contributed by atoms with E-state index in [0.29, 0.717) is 5.56 Å². The van der Waals surface area contributed by atoms with Crippen LogP contribution in [-0.2, 0) is 11.2 Å². The standard InChI is InChI=1S/C25H24N4O2/c1-3-18-9-7-8-12-21(18)28-24(30)16-26-25(31)19-13-14-23-22(15-19)27-17(2)29(23)20-10-5-4-6-11-20/h4-15H,3,16H2,1-2H3,(H,26,31)(H,28,30). The van der Waals surface area contributed by atoms with Gasteiger partial charge < -0.3 is 10.6 Å². The van der Waals surface area contributed by atoms with Crippen LogP contribution in [0.5, 0.6) is 0 Å². The monoisotopic (exact) mass is 412 g/mol. The topological polar surface area (TPSA) is 76.0 Å². The quantitative estimate of drug-likeness (QED) is 0.497. The van der Waals surface area contributed by atoms with E-state index in [4.69, 9.17) is 0 Å². The highest BCUT2D eigenvalue weighted by Crippen LogP contribution is 2.22. The summed E-state index contributed by atoms with van der Waals surface area (Å²) in [5.41, 5.74) is 4.96. The maximum absolute atomic E-state index is 12.6. The molecule has 2 N–H and O–H groups in total. The Balaban J connectivity index is 1.46. The fourth-order valence-electron chi connectivity index (χ4n) is 3.65. The van der Waals surface area contributed by atoms with Gasteiger partial charge in [0.2, 0.25) is 5.91 Å². The number of fused-ring (bicyclic) bond motifs is 1. The molecule has 0 aliphatic carbocycles. The zero-order chi connectivity index (χ0) is 21.8. The summed E-state index contributed by atoms with van der Waals surface area (Å²) >= 11 is 0. The molecule has 0 fully saturated rings. The van der Waals surface area contributed by atoms with Crippen molar-refractivity contribution in [3.63, 3.8) is 0 Å². The number of hydrogen-bond donors (Lipinski definition) is 2. The maximum Gasteiger partial charge on any atom is 0.251 e. The summed E-state index contributed by atoms with van der Waals surface area (Å²) < 4.78 is 2.05. The van der Waals surface area contributed by atoms with Gasteiger partial charge in [0.15, 0.2) is 0 Å². The summed E-state index contributed by atoms with van der Waals surface area (Å²) in [6.07, 6.45) is 0.817. The van der Waals surface area contributed by atoms with Gasteiger partial charge in [0, 0.05) is 16.9 Å². The molecule has 0 atom stereocenters. The lowest BCUT2D eigenvalue weighted by atomic mass is 10.1. The van der Waals surface area contributed by atoms with Gasteiger partial charge in [-0.1, -0.05) is 43.3 Å². The molecule has 0 aliphatic heterocycles. The Hall–Kier alpha value is -3.93. The predicted molar refractivity (Wildman–Crippen MR) is 123 cm³/mol. The van der Waals surface area contributed by atoms with E-state index in [0.717, 1.165) is 40.2 Å². The van der Waals surface area contributed by atoms with Crippen LogP contribution in [0.1, 0.15) is 28.7 Å². The highest BCUT2D eigenvalue weighted by Gasteiger charge is 2.14. The average Bonchev–Trinajstić information content (AvgIpc) is 3.13. The fourth-order valence-corrected chi connectivity index (χ4v) is 3.65. The predicted octanol–water partition coefficient (Wildman–Crippen LogP) is 4.26. The first-order chi connectivity index (χ1) is 15.1. The summed E-state index contributed by atoms with van der Waals surface area (Å²) in [5, 5.41) is 5.55. The molecule has 0 bridgehead atoms. The Morgan fingerprint density at radius 3 is 2.48 bits per heavy atom. The van der Waals surface area contributed by atoms with Gasteiger partial charge in [-0.3, -0.25) is 14.2 Å². The second-order valence-electron chi connectivity index (χ2n) is 7.28. The van der Waals surface area contributed by atoms with Gasteiger partial charge in [-0.25, -0.2) is 4.98 Å². The Morgan fingerprint density at radius 2 is 1.71 bits per heavy atom. The molecule has 1 heterocycles. The number of nitrogens with one attached hydrogen (secondary N) is 2. The minimum absolute atomic E-state index is 0.105. The van der Waals surface area contributed by atoms with Gasteiger partial charge in [-0.2, -0.15) is 0 Å². The van der Waals surface area contributed by atoms with Crippen LogP contribution in [0.3, 0.4) is 0 Å². The fraction of sp³-hybridized carbons (Fsp3) is 0.160. The van der Waals surface area contributed by atoms with E-state index in [-0.39, 0.29) is 18.4 Å². The molecule has 6 heteroatoms. The molecule has 4 rings (SSSR count). The van der Waals surface area contributed by atoms with Crippen molar-refractivity contribution in [1.82, 2.24) is 14.9 Å². The van der Waals surface area contributed by atoms with Crippen molar-refractivity contribution in [1.29, 1.82) is 0 Å². The van der Waals surface area contributed by atoms with Crippen LogP contribution in [0.4, 0.5) is 5.69 Å². The number of rotatable bonds is 6. The van der Waals surface area contributed by atoms with Crippen molar-refractivity contribution in [2.75, 3.05) is 11.9 Å². The van der Waals surface area contributed by atoms with Gasteiger partial charge in [-0.15, -0.1) is 0 Å². The van der Waals surface area contributed by atoms with E-state index < -0.39 is 0 Å². The van der Waals surface area contributed by atoms with E-state index in [1.54, 1.807) is 12.1 Å². The molecule has 3 aromatic carbocycles. The summed E-state index contributed by atoms with van der Waals surface area (Å²) in [7, 11) is 0. The van der Waals surface area contributed by atoms with Crippen molar-refractivity contribution < 1.29 is 9.59 Å². The third-order valence-corrected chi connectivity index (χ3v) is 5.18. The third kappa shape index (κ3) is 4.33. The van der Waals surface area contributed by atoms with E-state index in [1.165, 1.54) is 0 Å². The molecule has 0 radical (unpaired) electrons. The molecule has 0 spiro atoms. The normalized spacial score (nSPS) is 10.8. The lowest BCUT2D eigenvalue weighted by molar-refractivity contribution is -0.115. The van der Waals surface area contributed by atoms with Crippen molar-refractivity contribution in [2.24, 2.45) is 0 Å². The Morgan fingerprint density at radius 1 is 0.968 bits per heavy atom. The molecule has 4 aromatic rings. The first-order valence-electron chi connectivity index (χ1n) is 10.3. The Bertz CT molecular complexity index is 1250. The van der Waals surface area contributed by atoms with Crippen molar-refractivity contribution >= 4 is 28.5 Å². The minimum Gasteiger partial charge on any atom is -0.343 e. The van der Waals surface area contributed by atoms with Crippen LogP contribution in [0.15, 0.2) is 72.8 Å². The number of carbonyl (C=O) groups excluding carboxylic acids is 2. The number of carbonyl (C=O) groups is 2. The maximum atomic E-state index is 12.6. The van der Waals surface area contributed by atoms with Gasteiger partial charge in [0.25, 0.3) is 5.91 Å². The summed E-state index contributed by atoms with van der Waals surface area (Å²) in [6.45, 7) is 3.86. The Labute approximate surface area is 180 Å². The van der Waals surface area contributed by atoms with Gasteiger partial charge >= 0.3 is 0 Å². The number of amides is 2. The second-order valence-corrected chi connectivity index (χ2v) is 7.28. The Kier molecular flexibility index (Phi) is 5.80. The molecule has 2 amide bonds. The zero-order valence-electron chi connectivity index (χ0n) is 17.6. The largest absolute Gasteiger partial charge is 0.343 e. The smallest absolute Gasteiger partial charge is 0.251 e. The lowest BCUT2D eigenvalue weighted by Gasteiger charge is -2.10. The van der Waals surface area contributed by atoms with Crippen LogP contribution < -0.4 is 10.6 Å². The highest BCUT2D eigenvalue weighted by molar-refractivity contribution is 6.01. The van der Waals surface area contributed by atoms with Gasteiger partial charge in [0.1, 0.15) is 5.82 Å². The van der Waals surface area contributed by atoms with E-state index in [1.807, 2.05) is 74.5 Å². The van der Waals surface area contributed by atoms with E-state index in [2.05, 4.69) is 20.2 Å². The van der Waals surface area contributed by atoms with Gasteiger partial charge in [0.05, 0.1) is 17.6 Å². The number of anilines is 1. The number of para-hydroxylation sites is 2. The highest BCUT2D eigenvalue weighted by atomic mass is 16.2. The number of hydrogen-bond acceptors (Lipinski definition) is 3. The van der Waals surface area contributed by atoms with Crippen LogP contribution in [0.25, 0.3) is 16.7 Å².